The van der Waals surface area contributed by atoms with Crippen molar-refractivity contribution in [3.63, 3.8) is 0 Å². The molecule has 4 heteroatoms. The van der Waals surface area contributed by atoms with Crippen molar-refractivity contribution in [3.05, 3.63) is 22.2 Å². The zero-order valence-electron chi connectivity index (χ0n) is 7.53. The normalized spacial score (nSPS) is 14.5. The Morgan fingerprint density at radius 3 is 2.85 bits per heavy atom. The Hall–Kier alpha value is -1.58. The highest BCUT2D eigenvalue weighted by molar-refractivity contribution is 5.82. The van der Waals surface area contributed by atoms with Gasteiger partial charge in [-0.1, -0.05) is 6.08 Å². The van der Waals surface area contributed by atoms with Gasteiger partial charge < -0.3 is 0 Å². The molecule has 1 aliphatic heterocycles. The molecule has 66 valence electrons. The highest BCUT2D eigenvalue weighted by atomic mass is 16.1. The smallest absolute Gasteiger partial charge is 0.251 e. The fourth-order valence-electron chi connectivity index (χ4n) is 1.38. The Kier molecular flexibility index (Phi) is 1.69. The summed E-state index contributed by atoms with van der Waals surface area (Å²) in [6, 6.07) is 0. The number of nitrogens with zero attached hydrogens (tertiary/aromatic N) is 3. The molecule has 0 aliphatic carbocycles. The number of hydrogen-bond acceptors (Lipinski definition) is 3. The van der Waals surface area contributed by atoms with Crippen LogP contribution in [0.2, 0.25) is 0 Å². The van der Waals surface area contributed by atoms with E-state index in [4.69, 9.17) is 0 Å². The molecule has 13 heavy (non-hydrogen) atoms. The second-order valence-corrected chi connectivity index (χ2v) is 3.01. The van der Waals surface area contributed by atoms with Crippen molar-refractivity contribution in [1.82, 2.24) is 9.97 Å². The van der Waals surface area contributed by atoms with Crippen LogP contribution in [-0.4, -0.2) is 15.9 Å². The van der Waals surface area contributed by atoms with Crippen molar-refractivity contribution in [3.8, 4) is 0 Å². The van der Waals surface area contributed by atoms with Crippen molar-refractivity contribution < 1.29 is 4.79 Å². The Morgan fingerprint density at radius 1 is 1.31 bits per heavy atom. The van der Waals surface area contributed by atoms with E-state index in [9.17, 15) is 4.79 Å². The van der Waals surface area contributed by atoms with Gasteiger partial charge in [-0.25, -0.2) is 9.97 Å². The van der Waals surface area contributed by atoms with Crippen LogP contribution in [-0.2, 0) is 4.79 Å². The summed E-state index contributed by atoms with van der Waals surface area (Å²) in [7, 11) is 0. The van der Waals surface area contributed by atoms with Gasteiger partial charge in [0.15, 0.2) is 5.49 Å². The summed E-state index contributed by atoms with van der Waals surface area (Å²) < 4.78 is 0. The van der Waals surface area contributed by atoms with E-state index in [1.807, 2.05) is 13.0 Å². The molecule has 0 spiro atoms. The van der Waals surface area contributed by atoms with Crippen LogP contribution in [0.5, 0.6) is 0 Å². The highest BCUT2D eigenvalue weighted by Gasteiger charge is 2.06. The number of aryl methyl sites for hydroxylation is 2. The lowest BCUT2D eigenvalue weighted by molar-refractivity contribution is -0.117. The molecule has 1 aromatic heterocycles. The number of rotatable bonds is 0. The monoisotopic (exact) mass is 175 g/mol. The summed E-state index contributed by atoms with van der Waals surface area (Å²) >= 11 is 0. The molecular formula is C9H9N3O. The van der Waals surface area contributed by atoms with Crippen LogP contribution in [0.1, 0.15) is 17.9 Å². The summed E-state index contributed by atoms with van der Waals surface area (Å²) in [5, 5.41) is 0.894. The molecule has 0 saturated carbocycles. The van der Waals surface area contributed by atoms with Crippen molar-refractivity contribution in [2.75, 3.05) is 0 Å². The minimum Gasteiger partial charge on any atom is -0.272 e. The maximum absolute atomic E-state index is 11.0. The molecule has 2 heterocycles. The van der Waals surface area contributed by atoms with Gasteiger partial charge in [-0.05, 0) is 13.8 Å². The number of fused-ring (bicyclic) bond motifs is 1. The third kappa shape index (κ3) is 1.35. The number of hydrogen-bond donors (Lipinski definition) is 0. The second-order valence-electron chi connectivity index (χ2n) is 3.01. The SMILES string of the molecule is Cc1nc(C)c2c(n1)=NC(=O)CC=2. The first kappa shape index (κ1) is 8.04. The van der Waals surface area contributed by atoms with Crippen molar-refractivity contribution in [2.45, 2.75) is 20.3 Å². The molecule has 0 radical (unpaired) electrons. The third-order valence-electron chi connectivity index (χ3n) is 1.94. The van der Waals surface area contributed by atoms with Gasteiger partial charge in [0.2, 0.25) is 0 Å². The van der Waals surface area contributed by atoms with Crippen LogP contribution in [0.3, 0.4) is 0 Å². The molecule has 4 nitrogen and oxygen atoms in total. The fourth-order valence-corrected chi connectivity index (χ4v) is 1.38. The summed E-state index contributed by atoms with van der Waals surface area (Å²) in [6.45, 7) is 3.69. The van der Waals surface area contributed by atoms with Crippen LogP contribution in [0.25, 0.3) is 6.08 Å². The Morgan fingerprint density at radius 2 is 2.08 bits per heavy atom. The molecule has 0 bridgehead atoms. The van der Waals surface area contributed by atoms with Crippen LogP contribution in [0, 0.1) is 13.8 Å². The quantitative estimate of drug-likeness (QED) is 0.530. The molecular weight excluding hydrogens is 166 g/mol. The van der Waals surface area contributed by atoms with Crippen molar-refractivity contribution >= 4 is 12.0 Å². The van der Waals surface area contributed by atoms with E-state index in [-0.39, 0.29) is 5.91 Å². The first-order valence-electron chi connectivity index (χ1n) is 4.10. The summed E-state index contributed by atoms with van der Waals surface area (Å²) in [5.74, 6) is 0.521. The minimum atomic E-state index is -0.134. The molecule has 0 atom stereocenters. The van der Waals surface area contributed by atoms with Gasteiger partial charge in [-0.3, -0.25) is 4.79 Å². The Balaban J connectivity index is 2.88. The van der Waals surface area contributed by atoms with Crippen LogP contribution in [0.4, 0.5) is 0 Å². The van der Waals surface area contributed by atoms with E-state index in [1.54, 1.807) is 6.92 Å². The molecule has 0 N–H and O–H groups in total. The molecule has 1 aliphatic rings. The number of carbonyl (C=O) groups excluding carboxylic acids is 1. The van der Waals surface area contributed by atoms with Gasteiger partial charge in [-0.2, -0.15) is 4.99 Å². The maximum atomic E-state index is 11.0. The van der Waals surface area contributed by atoms with Gasteiger partial charge in [0.25, 0.3) is 5.91 Å². The van der Waals surface area contributed by atoms with Crippen molar-refractivity contribution in [1.29, 1.82) is 0 Å². The Labute approximate surface area is 75.1 Å². The third-order valence-corrected chi connectivity index (χ3v) is 1.94. The average molecular weight is 175 g/mol. The number of carbonyl (C=O) groups is 1. The molecule has 2 rings (SSSR count). The second kappa shape index (κ2) is 2.73. The standard InChI is InChI=1S/C9H9N3O/c1-5-7-3-4-8(13)12-9(7)11-6(2)10-5/h3H,4H2,1-2H3. The lowest BCUT2D eigenvalue weighted by atomic mass is 10.2. The van der Waals surface area contributed by atoms with E-state index in [0.29, 0.717) is 17.7 Å². The molecule has 1 aromatic rings. The summed E-state index contributed by atoms with van der Waals surface area (Å²) in [6.07, 6.45) is 2.19. The lowest BCUT2D eigenvalue weighted by Crippen LogP contribution is -2.36. The highest BCUT2D eigenvalue weighted by Crippen LogP contribution is 1.91. The molecule has 0 aromatic carbocycles. The summed E-state index contributed by atoms with van der Waals surface area (Å²) in [5.41, 5.74) is 1.40. The fraction of sp³-hybridized carbons (Fsp3) is 0.333. The van der Waals surface area contributed by atoms with E-state index < -0.39 is 0 Å². The first-order chi connectivity index (χ1) is 6.16. The van der Waals surface area contributed by atoms with E-state index >= 15 is 0 Å². The maximum Gasteiger partial charge on any atom is 0.251 e. The number of amides is 1. The zero-order chi connectivity index (χ0) is 9.42. The van der Waals surface area contributed by atoms with Crippen molar-refractivity contribution in [2.24, 2.45) is 4.99 Å². The lowest BCUT2D eigenvalue weighted by Gasteiger charge is -2.01. The van der Waals surface area contributed by atoms with E-state index in [0.717, 1.165) is 10.9 Å². The van der Waals surface area contributed by atoms with Gasteiger partial charge in [0.1, 0.15) is 5.82 Å². The predicted molar refractivity (Wildman–Crippen MR) is 46.4 cm³/mol. The first-order valence-corrected chi connectivity index (χ1v) is 4.10. The van der Waals surface area contributed by atoms with Gasteiger partial charge in [0.05, 0.1) is 5.69 Å². The largest absolute Gasteiger partial charge is 0.272 e. The van der Waals surface area contributed by atoms with Crippen LogP contribution in [0.15, 0.2) is 4.99 Å². The number of aromatic nitrogens is 2. The van der Waals surface area contributed by atoms with Gasteiger partial charge in [0, 0.05) is 11.6 Å². The van der Waals surface area contributed by atoms with Gasteiger partial charge in [-0.15, -0.1) is 0 Å². The molecule has 0 saturated heterocycles. The molecule has 0 unspecified atom stereocenters. The summed E-state index contributed by atoms with van der Waals surface area (Å²) in [4.78, 5) is 23.1. The van der Waals surface area contributed by atoms with E-state index in [1.165, 1.54) is 0 Å². The predicted octanol–water partition coefficient (Wildman–Crippen LogP) is -0.576. The van der Waals surface area contributed by atoms with Gasteiger partial charge >= 0.3 is 0 Å². The average Bonchev–Trinajstić information content (AvgIpc) is 2.02. The van der Waals surface area contributed by atoms with E-state index in [2.05, 4.69) is 15.0 Å². The van der Waals surface area contributed by atoms with Crippen LogP contribution >= 0.6 is 0 Å². The zero-order valence-corrected chi connectivity index (χ0v) is 7.53. The Bertz CT molecular complexity index is 490. The van der Waals surface area contributed by atoms with Crippen LogP contribution < -0.4 is 10.7 Å². The molecule has 1 amide bonds. The molecule has 0 fully saturated rings. The topological polar surface area (TPSA) is 55.2 Å². The minimum absolute atomic E-state index is 0.134.